The van der Waals surface area contributed by atoms with Crippen molar-refractivity contribution in [1.82, 2.24) is 0 Å². The van der Waals surface area contributed by atoms with E-state index < -0.39 is 8.07 Å². The third-order valence-corrected chi connectivity index (χ3v) is 11.1. The highest BCUT2D eigenvalue weighted by molar-refractivity contribution is 7.01. The van der Waals surface area contributed by atoms with Crippen molar-refractivity contribution in [2.24, 2.45) is 0 Å². The molecule has 0 radical (unpaired) electrons. The number of allylic oxidation sites excluding steroid dienone is 2. The van der Waals surface area contributed by atoms with Crippen molar-refractivity contribution in [2.75, 3.05) is 0 Å². The van der Waals surface area contributed by atoms with Crippen molar-refractivity contribution in [1.29, 1.82) is 0 Å². The summed E-state index contributed by atoms with van der Waals surface area (Å²) in [5.41, 5.74) is 11.3. The van der Waals surface area contributed by atoms with E-state index in [1.165, 1.54) is 33.4 Å². The third kappa shape index (κ3) is 3.27. The molecule has 4 aromatic rings. The first-order chi connectivity index (χ1) is 16.1. The van der Waals surface area contributed by atoms with Gasteiger partial charge < -0.3 is 0 Å². The summed E-state index contributed by atoms with van der Waals surface area (Å²) in [5, 5.41) is 3.17. The van der Waals surface area contributed by atoms with E-state index in [-0.39, 0.29) is 0 Å². The van der Waals surface area contributed by atoms with Crippen LogP contribution in [0.25, 0.3) is 34.4 Å². The van der Waals surface area contributed by atoms with E-state index in [9.17, 15) is 0 Å². The van der Waals surface area contributed by atoms with Gasteiger partial charge in [0.05, 0.1) is 0 Å². The maximum Gasteiger partial charge on any atom is 0.113 e. The van der Waals surface area contributed by atoms with Gasteiger partial charge in [0, 0.05) is 0 Å². The Kier molecular flexibility index (Phi) is 4.81. The SMILES string of the molecule is C[Si](C)(c1ccc(-c2ccccc2)c2c1CC=C2)c1ccc(-c2ccccc2)c2c1CC=C2. The van der Waals surface area contributed by atoms with E-state index >= 15 is 0 Å². The highest BCUT2D eigenvalue weighted by Crippen LogP contribution is 2.34. The Morgan fingerprint density at radius 3 is 1.36 bits per heavy atom. The standard InChI is InChI=1S/C32H28Si/c1-33(2,31-21-19-25(23-11-5-3-6-12-23)27-15-9-17-29(27)31)32-22-20-26(24-13-7-4-8-14-24)28-16-10-18-30(28)32/h3-16,19-22H,17-18H2,1-2H3. The van der Waals surface area contributed by atoms with E-state index in [2.05, 4.69) is 122 Å². The summed E-state index contributed by atoms with van der Waals surface area (Å²) in [6.45, 7) is 5.08. The zero-order chi connectivity index (χ0) is 22.4. The first-order valence-electron chi connectivity index (χ1n) is 11.9. The van der Waals surface area contributed by atoms with E-state index in [1.807, 2.05) is 0 Å². The normalized spacial score (nSPS) is 13.9. The monoisotopic (exact) mass is 440 g/mol. The van der Waals surface area contributed by atoms with Crippen molar-refractivity contribution in [2.45, 2.75) is 25.9 Å². The molecule has 0 aromatic heterocycles. The molecule has 0 bridgehead atoms. The largest absolute Gasteiger partial charge is 0.113 e. The van der Waals surface area contributed by atoms with Crippen LogP contribution in [0, 0.1) is 0 Å². The fraction of sp³-hybridized carbons (Fsp3) is 0.125. The van der Waals surface area contributed by atoms with Crippen LogP contribution in [-0.2, 0) is 12.8 Å². The lowest BCUT2D eigenvalue weighted by atomic mass is 9.97. The van der Waals surface area contributed by atoms with Gasteiger partial charge >= 0.3 is 0 Å². The average Bonchev–Trinajstić information content (AvgIpc) is 3.54. The first-order valence-corrected chi connectivity index (χ1v) is 14.9. The highest BCUT2D eigenvalue weighted by atomic mass is 28.3. The number of rotatable bonds is 4. The molecule has 0 amide bonds. The van der Waals surface area contributed by atoms with Crippen LogP contribution in [-0.4, -0.2) is 8.07 Å². The Bertz CT molecular complexity index is 1300. The summed E-state index contributed by atoms with van der Waals surface area (Å²) in [7, 11) is -1.90. The Morgan fingerprint density at radius 1 is 0.515 bits per heavy atom. The fourth-order valence-electron chi connectivity index (χ4n) is 5.79. The Balaban J connectivity index is 1.49. The lowest BCUT2D eigenvalue weighted by Crippen LogP contribution is -2.55. The number of hydrogen-bond acceptors (Lipinski definition) is 0. The van der Waals surface area contributed by atoms with Crippen LogP contribution in [0.2, 0.25) is 13.1 Å². The second-order valence-corrected chi connectivity index (χ2v) is 14.0. The molecule has 0 aliphatic heterocycles. The van der Waals surface area contributed by atoms with E-state index in [0.29, 0.717) is 0 Å². The van der Waals surface area contributed by atoms with Gasteiger partial charge in [-0.1, -0.05) is 133 Å². The van der Waals surface area contributed by atoms with Crippen LogP contribution in [0.4, 0.5) is 0 Å². The molecule has 0 saturated carbocycles. The average molecular weight is 441 g/mol. The molecular formula is C32H28Si. The second kappa shape index (κ2) is 7.86. The van der Waals surface area contributed by atoms with Crippen LogP contribution in [0.15, 0.2) is 97.1 Å². The summed E-state index contributed by atoms with van der Waals surface area (Å²) < 4.78 is 0. The maximum atomic E-state index is 2.54. The molecule has 0 unspecified atom stereocenters. The van der Waals surface area contributed by atoms with Gasteiger partial charge in [0.1, 0.15) is 8.07 Å². The predicted molar refractivity (Wildman–Crippen MR) is 146 cm³/mol. The van der Waals surface area contributed by atoms with Gasteiger partial charge in [-0.3, -0.25) is 0 Å². The van der Waals surface area contributed by atoms with Gasteiger partial charge in [0.2, 0.25) is 0 Å². The maximum absolute atomic E-state index is 2.54. The minimum absolute atomic E-state index is 1.05. The number of fused-ring (bicyclic) bond motifs is 2. The molecule has 0 N–H and O–H groups in total. The molecule has 0 atom stereocenters. The van der Waals surface area contributed by atoms with E-state index in [4.69, 9.17) is 0 Å². The molecule has 160 valence electrons. The van der Waals surface area contributed by atoms with Crippen LogP contribution in [0.1, 0.15) is 22.3 Å². The van der Waals surface area contributed by atoms with Gasteiger partial charge in [0.25, 0.3) is 0 Å². The Labute approximate surface area is 198 Å². The molecule has 2 aliphatic rings. The van der Waals surface area contributed by atoms with Crippen LogP contribution in [0.5, 0.6) is 0 Å². The summed E-state index contributed by atoms with van der Waals surface area (Å²) >= 11 is 0. The van der Waals surface area contributed by atoms with Crippen LogP contribution in [0.3, 0.4) is 0 Å². The van der Waals surface area contributed by atoms with Crippen molar-refractivity contribution >= 4 is 30.6 Å². The smallest absolute Gasteiger partial charge is 0.0795 e. The van der Waals surface area contributed by atoms with Gasteiger partial charge in [0.15, 0.2) is 0 Å². The van der Waals surface area contributed by atoms with Crippen molar-refractivity contribution in [3.8, 4) is 22.3 Å². The van der Waals surface area contributed by atoms with Crippen molar-refractivity contribution in [3.63, 3.8) is 0 Å². The van der Waals surface area contributed by atoms with Gasteiger partial charge in [-0.2, -0.15) is 0 Å². The summed E-state index contributed by atoms with van der Waals surface area (Å²) in [5.74, 6) is 0. The molecule has 0 saturated heterocycles. The summed E-state index contributed by atoms with van der Waals surface area (Å²) in [4.78, 5) is 0. The fourth-order valence-corrected chi connectivity index (χ4v) is 9.07. The quantitative estimate of drug-likeness (QED) is 0.300. The molecule has 6 rings (SSSR count). The molecule has 33 heavy (non-hydrogen) atoms. The van der Waals surface area contributed by atoms with Crippen molar-refractivity contribution < 1.29 is 0 Å². The molecule has 0 spiro atoms. The molecule has 1 heteroatoms. The third-order valence-electron chi connectivity index (χ3n) is 7.44. The van der Waals surface area contributed by atoms with E-state index in [0.717, 1.165) is 12.8 Å². The molecule has 0 fully saturated rings. The summed E-state index contributed by atoms with van der Waals surface area (Å²) in [6.07, 6.45) is 11.5. The predicted octanol–water partition coefficient (Wildman–Crippen LogP) is 6.98. The van der Waals surface area contributed by atoms with Gasteiger partial charge in [-0.25, -0.2) is 0 Å². The van der Waals surface area contributed by atoms with E-state index in [1.54, 1.807) is 21.5 Å². The number of benzene rings is 4. The molecule has 0 nitrogen and oxygen atoms in total. The Morgan fingerprint density at radius 2 is 0.939 bits per heavy atom. The molecule has 0 heterocycles. The van der Waals surface area contributed by atoms with Gasteiger partial charge in [-0.05, 0) is 57.3 Å². The van der Waals surface area contributed by atoms with Gasteiger partial charge in [-0.15, -0.1) is 0 Å². The lowest BCUT2D eigenvalue weighted by molar-refractivity contribution is 1.31. The molecule has 4 aromatic carbocycles. The second-order valence-electron chi connectivity index (χ2n) is 9.68. The minimum Gasteiger partial charge on any atom is -0.0795 e. The topological polar surface area (TPSA) is 0 Å². The first kappa shape index (κ1) is 20.2. The van der Waals surface area contributed by atoms with Crippen LogP contribution >= 0.6 is 0 Å². The highest BCUT2D eigenvalue weighted by Gasteiger charge is 2.34. The lowest BCUT2D eigenvalue weighted by Gasteiger charge is -2.30. The zero-order valence-electron chi connectivity index (χ0n) is 19.3. The zero-order valence-corrected chi connectivity index (χ0v) is 20.3. The Hall–Kier alpha value is -3.42. The minimum atomic E-state index is -1.90. The van der Waals surface area contributed by atoms with Crippen molar-refractivity contribution in [3.05, 3.63) is 119 Å². The molecular weight excluding hydrogens is 412 g/mol. The number of hydrogen-bond donors (Lipinski definition) is 0. The van der Waals surface area contributed by atoms with Crippen LogP contribution < -0.4 is 10.4 Å². The summed E-state index contributed by atoms with van der Waals surface area (Å²) in [6, 6.07) is 31.3. The molecule has 2 aliphatic carbocycles.